The normalized spacial score (nSPS) is 12.4. The van der Waals surface area contributed by atoms with Crippen LogP contribution in [0.2, 0.25) is 0 Å². The summed E-state index contributed by atoms with van der Waals surface area (Å²) in [5.41, 5.74) is 2.18. The van der Waals surface area contributed by atoms with Crippen LogP contribution in [0, 0.1) is 0 Å². The minimum Gasteiger partial charge on any atom is -0.481 e. The third-order valence-corrected chi connectivity index (χ3v) is 2.90. The van der Waals surface area contributed by atoms with Crippen molar-refractivity contribution in [2.24, 2.45) is 7.05 Å². The fourth-order valence-corrected chi connectivity index (χ4v) is 1.86. The van der Waals surface area contributed by atoms with E-state index in [0.717, 1.165) is 17.7 Å². The van der Waals surface area contributed by atoms with E-state index >= 15 is 0 Å². The molecule has 0 radical (unpaired) electrons. The number of methoxy groups -OCH3 is 1. The lowest BCUT2D eigenvalue weighted by atomic mass is 10.1. The van der Waals surface area contributed by atoms with Crippen molar-refractivity contribution in [2.75, 3.05) is 14.2 Å². The molecule has 0 fully saturated rings. The molecule has 0 aliphatic heterocycles. The summed E-state index contributed by atoms with van der Waals surface area (Å²) in [6, 6.07) is 4.05. The monoisotopic (exact) mass is 247 g/mol. The lowest BCUT2D eigenvalue weighted by molar-refractivity contribution is 0.397. The molecule has 0 spiro atoms. The molecule has 96 valence electrons. The van der Waals surface area contributed by atoms with Gasteiger partial charge in [0.15, 0.2) is 0 Å². The number of aryl methyl sites for hydroxylation is 1. The molecule has 2 heterocycles. The zero-order valence-corrected chi connectivity index (χ0v) is 10.8. The molecular weight excluding hydrogens is 230 g/mol. The van der Waals surface area contributed by atoms with E-state index in [1.165, 1.54) is 0 Å². The molecule has 0 saturated heterocycles. The van der Waals surface area contributed by atoms with Gasteiger partial charge in [-0.05, 0) is 19.0 Å². The molecule has 1 atom stereocenters. The summed E-state index contributed by atoms with van der Waals surface area (Å²) in [6.07, 6.45) is 4.43. The molecule has 18 heavy (non-hydrogen) atoms. The van der Waals surface area contributed by atoms with E-state index in [-0.39, 0.29) is 6.04 Å². The minimum atomic E-state index is 0.167. The van der Waals surface area contributed by atoms with Crippen molar-refractivity contribution in [3.63, 3.8) is 0 Å². The third kappa shape index (κ3) is 2.65. The van der Waals surface area contributed by atoms with Crippen LogP contribution in [0.25, 0.3) is 0 Å². The van der Waals surface area contributed by atoms with Crippen LogP contribution in [-0.2, 0) is 13.5 Å². The highest BCUT2D eigenvalue weighted by atomic mass is 16.5. The molecule has 6 heteroatoms. The van der Waals surface area contributed by atoms with Gasteiger partial charge >= 0.3 is 0 Å². The van der Waals surface area contributed by atoms with Crippen LogP contribution in [0.4, 0.5) is 0 Å². The van der Waals surface area contributed by atoms with Gasteiger partial charge in [-0.15, -0.1) is 5.10 Å². The predicted octanol–water partition coefficient (Wildman–Crippen LogP) is 0.722. The SMILES string of the molecule is CNC(Cc1ccc(OC)nc1)c1cnnn1C. The van der Waals surface area contributed by atoms with Gasteiger partial charge in [0.1, 0.15) is 0 Å². The molecule has 6 nitrogen and oxygen atoms in total. The molecule has 2 aromatic heterocycles. The van der Waals surface area contributed by atoms with Gasteiger partial charge in [0.05, 0.1) is 25.0 Å². The maximum absolute atomic E-state index is 5.04. The number of hydrogen-bond acceptors (Lipinski definition) is 5. The van der Waals surface area contributed by atoms with Crippen molar-refractivity contribution in [3.05, 3.63) is 35.8 Å². The maximum Gasteiger partial charge on any atom is 0.212 e. The van der Waals surface area contributed by atoms with Crippen LogP contribution < -0.4 is 10.1 Å². The quantitative estimate of drug-likeness (QED) is 0.843. The van der Waals surface area contributed by atoms with Crippen molar-refractivity contribution in [2.45, 2.75) is 12.5 Å². The summed E-state index contributed by atoms with van der Waals surface area (Å²) >= 11 is 0. The first-order chi connectivity index (χ1) is 8.74. The fourth-order valence-electron chi connectivity index (χ4n) is 1.86. The summed E-state index contributed by atoms with van der Waals surface area (Å²) < 4.78 is 6.82. The molecule has 0 aliphatic carbocycles. The summed E-state index contributed by atoms with van der Waals surface area (Å²) in [4.78, 5) is 4.20. The van der Waals surface area contributed by atoms with Crippen molar-refractivity contribution in [1.82, 2.24) is 25.3 Å². The van der Waals surface area contributed by atoms with Gasteiger partial charge < -0.3 is 10.1 Å². The fraction of sp³-hybridized carbons (Fsp3) is 0.417. The molecule has 2 aromatic rings. The number of hydrogen-bond donors (Lipinski definition) is 1. The van der Waals surface area contributed by atoms with Crippen LogP contribution in [0.3, 0.4) is 0 Å². The standard InChI is InChI=1S/C12H17N5O/c1-13-10(11-8-15-16-17(11)2)6-9-4-5-12(18-3)14-7-9/h4-5,7-8,10,13H,6H2,1-3H3. The zero-order valence-electron chi connectivity index (χ0n) is 10.8. The van der Waals surface area contributed by atoms with E-state index in [4.69, 9.17) is 4.74 Å². The number of pyridine rings is 1. The molecule has 0 aliphatic rings. The summed E-state index contributed by atoms with van der Waals surface area (Å²) in [6.45, 7) is 0. The second-order valence-corrected chi connectivity index (χ2v) is 4.04. The molecule has 0 aromatic carbocycles. The smallest absolute Gasteiger partial charge is 0.212 e. The second-order valence-electron chi connectivity index (χ2n) is 4.04. The van der Waals surface area contributed by atoms with Gasteiger partial charge in [0, 0.05) is 19.3 Å². The summed E-state index contributed by atoms with van der Waals surface area (Å²) in [5.74, 6) is 0.627. The number of ether oxygens (including phenoxy) is 1. The van der Waals surface area contributed by atoms with E-state index in [1.54, 1.807) is 18.0 Å². The van der Waals surface area contributed by atoms with Gasteiger partial charge in [0.2, 0.25) is 5.88 Å². The first-order valence-corrected chi connectivity index (χ1v) is 5.75. The number of rotatable bonds is 5. The first-order valence-electron chi connectivity index (χ1n) is 5.75. The largest absolute Gasteiger partial charge is 0.481 e. The Hall–Kier alpha value is -1.95. The molecule has 0 amide bonds. The molecule has 1 N–H and O–H groups in total. The molecular formula is C12H17N5O. The average Bonchev–Trinajstić information content (AvgIpc) is 2.83. The maximum atomic E-state index is 5.04. The Morgan fingerprint density at radius 1 is 1.39 bits per heavy atom. The molecule has 0 saturated carbocycles. The Morgan fingerprint density at radius 2 is 2.22 bits per heavy atom. The lowest BCUT2D eigenvalue weighted by Gasteiger charge is -2.15. The number of likely N-dealkylation sites (N-methyl/N-ethyl adjacent to an activating group) is 1. The highest BCUT2D eigenvalue weighted by molar-refractivity contribution is 5.20. The topological polar surface area (TPSA) is 64.9 Å². The third-order valence-electron chi connectivity index (χ3n) is 2.90. The number of nitrogens with zero attached hydrogens (tertiary/aromatic N) is 4. The van der Waals surface area contributed by atoms with Crippen molar-refractivity contribution < 1.29 is 4.74 Å². The van der Waals surface area contributed by atoms with Gasteiger partial charge in [-0.25, -0.2) is 4.98 Å². The Labute approximate surface area is 106 Å². The van der Waals surface area contributed by atoms with E-state index < -0.39 is 0 Å². The van der Waals surface area contributed by atoms with Crippen LogP contribution >= 0.6 is 0 Å². The van der Waals surface area contributed by atoms with Gasteiger partial charge in [0.25, 0.3) is 0 Å². The first kappa shape index (κ1) is 12.5. The Balaban J connectivity index is 2.13. The lowest BCUT2D eigenvalue weighted by Crippen LogP contribution is -2.21. The summed E-state index contributed by atoms with van der Waals surface area (Å²) in [7, 11) is 5.42. The van der Waals surface area contributed by atoms with Crippen LogP contribution in [0.15, 0.2) is 24.5 Å². The van der Waals surface area contributed by atoms with Crippen molar-refractivity contribution in [3.8, 4) is 5.88 Å². The van der Waals surface area contributed by atoms with Crippen LogP contribution in [0.5, 0.6) is 5.88 Å². The molecule has 1 unspecified atom stereocenters. The van der Waals surface area contributed by atoms with Crippen LogP contribution in [0.1, 0.15) is 17.3 Å². The number of aromatic nitrogens is 4. The molecule has 0 bridgehead atoms. The highest BCUT2D eigenvalue weighted by Crippen LogP contribution is 2.17. The molecule has 2 rings (SSSR count). The van der Waals surface area contributed by atoms with Gasteiger partial charge in [-0.1, -0.05) is 11.3 Å². The highest BCUT2D eigenvalue weighted by Gasteiger charge is 2.14. The second kappa shape index (κ2) is 5.59. The minimum absolute atomic E-state index is 0.167. The van der Waals surface area contributed by atoms with E-state index in [0.29, 0.717) is 5.88 Å². The number of nitrogens with one attached hydrogen (secondary N) is 1. The van der Waals surface area contributed by atoms with Crippen molar-refractivity contribution in [1.29, 1.82) is 0 Å². The Morgan fingerprint density at radius 3 is 2.72 bits per heavy atom. The Kier molecular flexibility index (Phi) is 3.88. The summed E-state index contributed by atoms with van der Waals surface area (Å²) in [5, 5.41) is 11.1. The van der Waals surface area contributed by atoms with Crippen molar-refractivity contribution >= 4 is 0 Å². The van der Waals surface area contributed by atoms with E-state index in [9.17, 15) is 0 Å². The zero-order chi connectivity index (χ0) is 13.0. The predicted molar refractivity (Wildman–Crippen MR) is 67.3 cm³/mol. The van der Waals surface area contributed by atoms with Gasteiger partial charge in [-0.2, -0.15) is 0 Å². The van der Waals surface area contributed by atoms with E-state index in [1.807, 2.05) is 32.4 Å². The average molecular weight is 247 g/mol. The van der Waals surface area contributed by atoms with Crippen LogP contribution in [-0.4, -0.2) is 34.1 Å². The Bertz CT molecular complexity index is 493. The van der Waals surface area contributed by atoms with Gasteiger partial charge in [-0.3, -0.25) is 4.68 Å². The van der Waals surface area contributed by atoms with E-state index in [2.05, 4.69) is 20.6 Å².